The summed E-state index contributed by atoms with van der Waals surface area (Å²) < 4.78 is 10.7. The van der Waals surface area contributed by atoms with Crippen molar-refractivity contribution in [1.29, 1.82) is 0 Å². The maximum Gasteiger partial charge on any atom is 0.326 e. The lowest BCUT2D eigenvalue weighted by molar-refractivity contribution is -0.385. The van der Waals surface area contributed by atoms with Crippen LogP contribution >= 0.6 is 0 Å². The van der Waals surface area contributed by atoms with E-state index in [2.05, 4.69) is 5.32 Å². The van der Waals surface area contributed by atoms with E-state index in [0.29, 0.717) is 12.8 Å². The first-order chi connectivity index (χ1) is 21.0. The lowest BCUT2D eigenvalue weighted by Gasteiger charge is -2.28. The number of carbonyl (C=O) groups excluding carboxylic acids is 3. The number of carbonyl (C=O) groups is 3. The van der Waals surface area contributed by atoms with E-state index in [-0.39, 0.29) is 28.8 Å². The van der Waals surface area contributed by atoms with E-state index in [1.807, 2.05) is 0 Å². The molecule has 4 rings (SSSR count). The summed E-state index contributed by atoms with van der Waals surface area (Å²) >= 11 is 0. The van der Waals surface area contributed by atoms with Crippen molar-refractivity contribution in [2.45, 2.75) is 44.1 Å². The molecule has 0 radical (unpaired) electrons. The number of nitrogens with zero attached hydrogens (tertiary/aromatic N) is 3. The highest BCUT2D eigenvalue weighted by atomic mass is 16.6. The fraction of sp³-hybridized carbons (Fsp3) is 0.276. The van der Waals surface area contributed by atoms with Crippen LogP contribution in [0.5, 0.6) is 11.5 Å². The quantitative estimate of drug-likeness (QED) is 0.103. The van der Waals surface area contributed by atoms with Gasteiger partial charge in [0, 0.05) is 30.3 Å². The molecule has 1 aliphatic carbocycles. The standard InChI is InChI=1S/C29H26N4O11/c34-27(30-19-6-2-1-3-7-19)25(18-12-14-20(15-13-18)31(37)38)26(28(35)43-23-10-4-8-21(16-23)32(39)40)29(36)44-24-11-5-9-22(17-24)33(41)42/h4-5,8-17,19,25-26H,1-3,6-7H2,(H,30,34). The topological polar surface area (TPSA) is 211 Å². The van der Waals surface area contributed by atoms with Gasteiger partial charge in [-0.2, -0.15) is 0 Å². The Morgan fingerprint density at radius 2 is 1.16 bits per heavy atom. The average molecular weight is 607 g/mol. The zero-order valence-corrected chi connectivity index (χ0v) is 23.0. The fourth-order valence-electron chi connectivity index (χ4n) is 4.89. The van der Waals surface area contributed by atoms with Gasteiger partial charge in [0.1, 0.15) is 11.5 Å². The second kappa shape index (κ2) is 14.0. The van der Waals surface area contributed by atoms with Gasteiger partial charge in [0.25, 0.3) is 17.1 Å². The zero-order valence-electron chi connectivity index (χ0n) is 23.0. The van der Waals surface area contributed by atoms with Crippen LogP contribution in [-0.4, -0.2) is 38.7 Å². The van der Waals surface area contributed by atoms with Gasteiger partial charge in [-0.1, -0.05) is 43.5 Å². The molecule has 1 unspecified atom stereocenters. The number of hydrogen-bond acceptors (Lipinski definition) is 11. The van der Waals surface area contributed by atoms with Gasteiger partial charge in [0.05, 0.1) is 32.8 Å². The fourth-order valence-corrected chi connectivity index (χ4v) is 4.89. The van der Waals surface area contributed by atoms with E-state index in [0.717, 1.165) is 55.7 Å². The molecular formula is C29H26N4O11. The molecule has 1 atom stereocenters. The number of hydrogen-bond donors (Lipinski definition) is 1. The average Bonchev–Trinajstić information content (AvgIpc) is 3.00. The third-order valence-corrected chi connectivity index (χ3v) is 7.03. The Labute approximate surface area is 249 Å². The van der Waals surface area contributed by atoms with E-state index < -0.39 is 55.8 Å². The van der Waals surface area contributed by atoms with E-state index >= 15 is 0 Å². The maximum atomic E-state index is 13.8. The van der Waals surface area contributed by atoms with Crippen molar-refractivity contribution in [2.24, 2.45) is 5.92 Å². The first-order valence-corrected chi connectivity index (χ1v) is 13.5. The normalized spacial score (nSPS) is 13.8. The Hall–Kier alpha value is -5.73. The number of nitro benzene ring substituents is 3. The Kier molecular flexibility index (Phi) is 9.90. The van der Waals surface area contributed by atoms with Gasteiger partial charge in [-0.25, -0.2) is 0 Å². The summed E-state index contributed by atoms with van der Waals surface area (Å²) in [6.45, 7) is 0. The van der Waals surface area contributed by atoms with Crippen molar-refractivity contribution in [3.63, 3.8) is 0 Å². The van der Waals surface area contributed by atoms with Crippen LogP contribution in [0.4, 0.5) is 17.1 Å². The second-order valence-corrected chi connectivity index (χ2v) is 10.00. The molecule has 0 aromatic heterocycles. The van der Waals surface area contributed by atoms with E-state index in [1.54, 1.807) is 0 Å². The van der Waals surface area contributed by atoms with E-state index in [9.17, 15) is 44.7 Å². The van der Waals surface area contributed by atoms with Gasteiger partial charge >= 0.3 is 11.9 Å². The Morgan fingerprint density at radius 1 is 0.682 bits per heavy atom. The molecule has 1 N–H and O–H groups in total. The van der Waals surface area contributed by atoms with Crippen LogP contribution < -0.4 is 14.8 Å². The summed E-state index contributed by atoms with van der Waals surface area (Å²) in [5, 5.41) is 36.6. The summed E-state index contributed by atoms with van der Waals surface area (Å²) in [5.74, 6) is -7.66. The van der Waals surface area contributed by atoms with Gasteiger partial charge < -0.3 is 14.8 Å². The van der Waals surface area contributed by atoms with E-state index in [1.165, 1.54) is 36.4 Å². The number of nitrogens with one attached hydrogen (secondary N) is 1. The van der Waals surface area contributed by atoms with Gasteiger partial charge in [0.15, 0.2) is 5.92 Å². The number of ether oxygens (including phenoxy) is 2. The molecule has 0 aliphatic heterocycles. The van der Waals surface area contributed by atoms with Crippen molar-refractivity contribution in [3.8, 4) is 11.5 Å². The second-order valence-electron chi connectivity index (χ2n) is 10.00. The van der Waals surface area contributed by atoms with Crippen molar-refractivity contribution >= 4 is 34.9 Å². The first-order valence-electron chi connectivity index (χ1n) is 13.5. The number of esters is 2. The number of nitro groups is 3. The Bertz CT molecular complexity index is 1510. The molecule has 44 heavy (non-hydrogen) atoms. The molecule has 1 amide bonds. The molecule has 228 valence electrons. The minimum Gasteiger partial charge on any atom is -0.426 e. The molecule has 1 saturated carbocycles. The van der Waals surface area contributed by atoms with Crippen LogP contribution in [-0.2, 0) is 14.4 Å². The highest BCUT2D eigenvalue weighted by Crippen LogP contribution is 2.32. The minimum atomic E-state index is -2.04. The molecule has 0 spiro atoms. The van der Waals surface area contributed by atoms with Crippen LogP contribution in [0, 0.1) is 36.3 Å². The highest BCUT2D eigenvalue weighted by Gasteiger charge is 2.44. The minimum absolute atomic E-state index is 0.0425. The lowest BCUT2D eigenvalue weighted by Crippen LogP contribution is -2.46. The predicted molar refractivity (Wildman–Crippen MR) is 152 cm³/mol. The molecule has 0 saturated heterocycles. The summed E-state index contributed by atoms with van der Waals surface area (Å²) in [4.78, 5) is 72.9. The van der Waals surface area contributed by atoms with E-state index in [4.69, 9.17) is 9.47 Å². The van der Waals surface area contributed by atoms with Gasteiger partial charge in [-0.3, -0.25) is 44.7 Å². The summed E-state index contributed by atoms with van der Waals surface area (Å²) in [6.07, 6.45) is 3.98. The SMILES string of the molecule is O=C(Oc1cccc([N+](=O)[O-])c1)C(C(=O)Oc1cccc([N+](=O)[O-])c1)C(C(=O)NC1CCCCC1)c1ccc([N+](=O)[O-])cc1. The monoisotopic (exact) mass is 606 g/mol. The largest absolute Gasteiger partial charge is 0.426 e. The predicted octanol–water partition coefficient (Wildman–Crippen LogP) is 4.77. The Balaban J connectivity index is 1.77. The van der Waals surface area contributed by atoms with Crippen LogP contribution in [0.1, 0.15) is 43.6 Å². The molecule has 15 heteroatoms. The molecule has 1 aliphatic rings. The molecule has 0 bridgehead atoms. The highest BCUT2D eigenvalue weighted by molar-refractivity contribution is 6.03. The van der Waals surface area contributed by atoms with Crippen molar-refractivity contribution in [2.75, 3.05) is 0 Å². The summed E-state index contributed by atoms with van der Waals surface area (Å²) in [7, 11) is 0. The number of rotatable bonds is 11. The van der Waals surface area contributed by atoms with Crippen LogP contribution in [0.2, 0.25) is 0 Å². The maximum absolute atomic E-state index is 13.8. The molecule has 1 fully saturated rings. The first kappa shape index (κ1) is 31.2. The third-order valence-electron chi connectivity index (χ3n) is 7.03. The Morgan fingerprint density at radius 3 is 1.61 bits per heavy atom. The van der Waals surface area contributed by atoms with Crippen LogP contribution in [0.3, 0.4) is 0 Å². The van der Waals surface area contributed by atoms with Crippen molar-refractivity contribution in [3.05, 3.63) is 109 Å². The smallest absolute Gasteiger partial charge is 0.326 e. The molecule has 15 nitrogen and oxygen atoms in total. The number of non-ortho nitro benzene ring substituents is 3. The van der Waals surface area contributed by atoms with Crippen LogP contribution in [0.15, 0.2) is 72.8 Å². The summed E-state index contributed by atoms with van der Waals surface area (Å²) in [6, 6.07) is 13.6. The molecule has 3 aromatic rings. The van der Waals surface area contributed by atoms with Gasteiger partial charge in [0.2, 0.25) is 5.91 Å². The van der Waals surface area contributed by atoms with Gasteiger partial charge in [-0.15, -0.1) is 0 Å². The van der Waals surface area contributed by atoms with Gasteiger partial charge in [-0.05, 0) is 30.5 Å². The van der Waals surface area contributed by atoms with Crippen LogP contribution in [0.25, 0.3) is 0 Å². The van der Waals surface area contributed by atoms with Crippen molar-refractivity contribution in [1.82, 2.24) is 5.32 Å². The number of amides is 1. The zero-order chi connectivity index (χ0) is 31.8. The lowest BCUT2D eigenvalue weighted by atomic mass is 9.84. The third kappa shape index (κ3) is 7.76. The summed E-state index contributed by atoms with van der Waals surface area (Å²) in [5.41, 5.74) is -1.09. The molecule has 3 aromatic carbocycles. The molecular weight excluding hydrogens is 580 g/mol. The number of benzene rings is 3. The van der Waals surface area contributed by atoms with Crippen molar-refractivity contribution < 1.29 is 38.6 Å². The molecule has 0 heterocycles.